The van der Waals surface area contributed by atoms with E-state index in [0.717, 1.165) is 17.3 Å². The summed E-state index contributed by atoms with van der Waals surface area (Å²) in [6.07, 6.45) is 5.44. The Kier molecular flexibility index (Phi) is 3.65. The van der Waals surface area contributed by atoms with E-state index in [0.29, 0.717) is 13.2 Å². The highest BCUT2D eigenvalue weighted by atomic mass is 16.7. The molecule has 2 aromatic heterocycles. The maximum Gasteiger partial charge on any atom is 0.162 e. The van der Waals surface area contributed by atoms with Gasteiger partial charge in [-0.25, -0.2) is 9.97 Å². The fourth-order valence-electron chi connectivity index (χ4n) is 2.30. The highest BCUT2D eigenvalue weighted by Gasteiger charge is 2.28. The van der Waals surface area contributed by atoms with Crippen molar-refractivity contribution < 1.29 is 9.47 Å². The van der Waals surface area contributed by atoms with E-state index in [1.165, 1.54) is 0 Å². The molecule has 1 saturated heterocycles. The van der Waals surface area contributed by atoms with Crippen LogP contribution in [-0.2, 0) is 9.47 Å². The van der Waals surface area contributed by atoms with Crippen molar-refractivity contribution in [2.45, 2.75) is 32.6 Å². The first-order valence-electron chi connectivity index (χ1n) is 7.05. The third kappa shape index (κ3) is 3.06. The number of ether oxygens (including phenoxy) is 2. The molecule has 0 aliphatic carbocycles. The molecule has 21 heavy (non-hydrogen) atoms. The van der Waals surface area contributed by atoms with Crippen LogP contribution in [0.3, 0.4) is 0 Å². The van der Waals surface area contributed by atoms with Gasteiger partial charge in [0, 0.05) is 18.6 Å². The SMILES string of the molecule is Cc1nccn1-c1ncccc1NC1COC(C)(C)OC1. The lowest BCUT2D eigenvalue weighted by Gasteiger charge is -2.35. The molecule has 0 aromatic carbocycles. The van der Waals surface area contributed by atoms with Crippen LogP contribution in [0.1, 0.15) is 19.7 Å². The lowest BCUT2D eigenvalue weighted by atomic mass is 10.2. The molecular formula is C15H20N4O2. The Morgan fingerprint density at radius 2 is 2.00 bits per heavy atom. The largest absolute Gasteiger partial charge is 0.375 e. The minimum atomic E-state index is -0.503. The van der Waals surface area contributed by atoms with Gasteiger partial charge in [0.1, 0.15) is 5.82 Å². The van der Waals surface area contributed by atoms with Crippen LogP contribution < -0.4 is 5.32 Å². The van der Waals surface area contributed by atoms with Crippen LogP contribution in [0.4, 0.5) is 5.69 Å². The molecule has 1 N–H and O–H groups in total. The van der Waals surface area contributed by atoms with Gasteiger partial charge in [-0.2, -0.15) is 0 Å². The summed E-state index contributed by atoms with van der Waals surface area (Å²) in [6, 6.07) is 4.01. The summed E-state index contributed by atoms with van der Waals surface area (Å²) in [4.78, 5) is 8.70. The quantitative estimate of drug-likeness (QED) is 0.937. The van der Waals surface area contributed by atoms with Crippen molar-refractivity contribution in [1.82, 2.24) is 14.5 Å². The maximum atomic E-state index is 5.68. The van der Waals surface area contributed by atoms with E-state index >= 15 is 0 Å². The highest BCUT2D eigenvalue weighted by Crippen LogP contribution is 2.23. The van der Waals surface area contributed by atoms with Crippen LogP contribution in [0.15, 0.2) is 30.7 Å². The van der Waals surface area contributed by atoms with Crippen LogP contribution >= 0.6 is 0 Å². The van der Waals surface area contributed by atoms with Crippen LogP contribution in [0.2, 0.25) is 0 Å². The average molecular weight is 288 g/mol. The molecule has 0 saturated carbocycles. The first-order chi connectivity index (χ1) is 10.1. The fraction of sp³-hybridized carbons (Fsp3) is 0.467. The number of nitrogens with zero attached hydrogens (tertiary/aromatic N) is 3. The lowest BCUT2D eigenvalue weighted by Crippen LogP contribution is -2.45. The molecule has 0 radical (unpaired) electrons. The van der Waals surface area contributed by atoms with Gasteiger partial charge < -0.3 is 14.8 Å². The van der Waals surface area contributed by atoms with E-state index in [1.807, 2.05) is 43.7 Å². The maximum absolute atomic E-state index is 5.68. The molecule has 1 aliphatic rings. The standard InChI is InChI=1S/C15H20N4O2/c1-11-16-7-8-19(11)14-13(5-4-6-17-14)18-12-9-20-15(2,3)21-10-12/h4-8,12,18H,9-10H2,1-3H3. The second-order valence-corrected chi connectivity index (χ2v) is 5.58. The number of hydrogen-bond acceptors (Lipinski definition) is 5. The number of imidazole rings is 1. The second-order valence-electron chi connectivity index (χ2n) is 5.58. The summed E-state index contributed by atoms with van der Waals surface area (Å²) < 4.78 is 13.3. The predicted octanol–water partition coefficient (Wildman–Crippen LogP) is 2.14. The molecule has 0 amide bonds. The first-order valence-corrected chi connectivity index (χ1v) is 7.05. The van der Waals surface area contributed by atoms with Crippen LogP contribution in [0.25, 0.3) is 5.82 Å². The number of anilines is 1. The molecule has 1 aliphatic heterocycles. The normalized spacial score (nSPS) is 18.6. The van der Waals surface area contributed by atoms with Crippen LogP contribution in [-0.4, -0.2) is 39.6 Å². The van der Waals surface area contributed by atoms with Gasteiger partial charge in [0.25, 0.3) is 0 Å². The molecule has 3 heterocycles. The number of rotatable bonds is 3. The van der Waals surface area contributed by atoms with Gasteiger partial charge in [0.15, 0.2) is 11.6 Å². The molecule has 1 fully saturated rings. The minimum Gasteiger partial charge on any atom is -0.375 e. The number of hydrogen-bond donors (Lipinski definition) is 1. The summed E-state index contributed by atoms with van der Waals surface area (Å²) in [7, 11) is 0. The topological polar surface area (TPSA) is 61.2 Å². The summed E-state index contributed by atoms with van der Waals surface area (Å²) in [5.74, 6) is 1.23. The zero-order valence-corrected chi connectivity index (χ0v) is 12.5. The van der Waals surface area contributed by atoms with E-state index in [9.17, 15) is 0 Å². The molecule has 3 rings (SSSR count). The van der Waals surface area contributed by atoms with E-state index in [4.69, 9.17) is 9.47 Å². The third-order valence-electron chi connectivity index (χ3n) is 3.46. The summed E-state index contributed by atoms with van der Waals surface area (Å²) >= 11 is 0. The highest BCUT2D eigenvalue weighted by molar-refractivity contribution is 5.57. The van der Waals surface area contributed by atoms with Gasteiger partial charge in [0.05, 0.1) is 24.9 Å². The lowest BCUT2D eigenvalue weighted by molar-refractivity contribution is -0.247. The Bertz CT molecular complexity index is 614. The molecule has 0 unspecified atom stereocenters. The molecule has 0 bridgehead atoms. The molecule has 0 atom stereocenters. The fourth-order valence-corrected chi connectivity index (χ4v) is 2.30. The smallest absolute Gasteiger partial charge is 0.162 e. The molecule has 6 nitrogen and oxygen atoms in total. The van der Waals surface area contributed by atoms with Gasteiger partial charge in [-0.1, -0.05) is 0 Å². The Balaban J connectivity index is 1.79. The van der Waals surface area contributed by atoms with Gasteiger partial charge in [0.2, 0.25) is 0 Å². The molecule has 2 aromatic rings. The van der Waals surface area contributed by atoms with Crippen molar-refractivity contribution >= 4 is 5.69 Å². The van der Waals surface area contributed by atoms with Crippen molar-refractivity contribution in [2.75, 3.05) is 18.5 Å². The number of nitrogens with one attached hydrogen (secondary N) is 1. The Hall–Kier alpha value is -1.92. The molecule has 112 valence electrons. The zero-order chi connectivity index (χ0) is 14.9. The van der Waals surface area contributed by atoms with Crippen molar-refractivity contribution in [2.24, 2.45) is 0 Å². The van der Waals surface area contributed by atoms with Crippen molar-refractivity contribution in [3.63, 3.8) is 0 Å². The molecule has 0 spiro atoms. The van der Waals surface area contributed by atoms with Crippen molar-refractivity contribution in [1.29, 1.82) is 0 Å². The van der Waals surface area contributed by atoms with Crippen LogP contribution in [0.5, 0.6) is 0 Å². The van der Waals surface area contributed by atoms with E-state index in [1.54, 1.807) is 12.4 Å². The zero-order valence-electron chi connectivity index (χ0n) is 12.5. The minimum absolute atomic E-state index is 0.102. The Labute approximate surface area is 124 Å². The molecule has 6 heteroatoms. The van der Waals surface area contributed by atoms with Crippen molar-refractivity contribution in [3.8, 4) is 5.82 Å². The van der Waals surface area contributed by atoms with E-state index in [-0.39, 0.29) is 6.04 Å². The van der Waals surface area contributed by atoms with Gasteiger partial charge in [-0.15, -0.1) is 0 Å². The summed E-state index contributed by atoms with van der Waals surface area (Å²) in [5.41, 5.74) is 0.940. The Morgan fingerprint density at radius 1 is 1.24 bits per heavy atom. The molecular weight excluding hydrogens is 268 g/mol. The van der Waals surface area contributed by atoms with E-state index < -0.39 is 5.79 Å². The van der Waals surface area contributed by atoms with Gasteiger partial charge in [-0.3, -0.25) is 4.57 Å². The first kappa shape index (κ1) is 14.0. The average Bonchev–Trinajstić information content (AvgIpc) is 2.88. The predicted molar refractivity (Wildman–Crippen MR) is 79.5 cm³/mol. The van der Waals surface area contributed by atoms with Gasteiger partial charge >= 0.3 is 0 Å². The van der Waals surface area contributed by atoms with E-state index in [2.05, 4.69) is 15.3 Å². The number of pyridine rings is 1. The summed E-state index contributed by atoms with van der Waals surface area (Å²) in [6.45, 7) is 7.00. The second kappa shape index (κ2) is 5.46. The summed E-state index contributed by atoms with van der Waals surface area (Å²) in [5, 5.41) is 3.44. The number of aromatic nitrogens is 3. The Morgan fingerprint density at radius 3 is 2.67 bits per heavy atom. The number of aryl methyl sites for hydroxylation is 1. The van der Waals surface area contributed by atoms with Crippen LogP contribution in [0, 0.1) is 6.92 Å². The third-order valence-corrected chi connectivity index (χ3v) is 3.46. The monoisotopic (exact) mass is 288 g/mol. The van der Waals surface area contributed by atoms with Crippen molar-refractivity contribution in [3.05, 3.63) is 36.5 Å². The van der Waals surface area contributed by atoms with Gasteiger partial charge in [-0.05, 0) is 32.9 Å².